The van der Waals surface area contributed by atoms with Crippen molar-refractivity contribution in [3.05, 3.63) is 23.3 Å². The highest BCUT2D eigenvalue weighted by atomic mass is 35.5. The molecule has 5 rings (SSSR count). The molecule has 0 aliphatic heterocycles. The molecule has 0 radical (unpaired) electrons. The van der Waals surface area contributed by atoms with Crippen molar-refractivity contribution in [2.45, 2.75) is 93.4 Å². The second kappa shape index (κ2) is 7.43. The van der Waals surface area contributed by atoms with E-state index in [1.54, 1.807) is 0 Å². The van der Waals surface area contributed by atoms with Crippen LogP contribution in [0.5, 0.6) is 0 Å². The summed E-state index contributed by atoms with van der Waals surface area (Å²) in [5.74, 6) is -0.261. The molecule has 5 heteroatoms. The lowest BCUT2D eigenvalue weighted by Crippen LogP contribution is -2.65. The van der Waals surface area contributed by atoms with E-state index in [1.807, 2.05) is 26.0 Å². The number of ketones is 2. The zero-order valence-corrected chi connectivity index (χ0v) is 23.6. The monoisotopic (exact) mass is 509 g/mol. The highest BCUT2D eigenvalue weighted by Crippen LogP contribution is 2.74. The molecule has 3 fully saturated rings. The number of halogens is 1. The molecular weight excluding hydrogens is 470 g/mol. The van der Waals surface area contributed by atoms with Crippen molar-refractivity contribution < 1.29 is 14.4 Å². The lowest BCUT2D eigenvalue weighted by Gasteiger charge is -2.68. The largest absolute Gasteiger partial charge is 0.295 e. The number of nitrogens with zero attached hydrogens (tertiary/aromatic N) is 1. The van der Waals surface area contributed by atoms with Crippen molar-refractivity contribution in [3.63, 3.8) is 0 Å². The van der Waals surface area contributed by atoms with E-state index in [0.717, 1.165) is 50.5 Å². The average molecular weight is 510 g/mol. The number of allylic oxidation sites excluding steroid dienone is 4. The van der Waals surface area contributed by atoms with Gasteiger partial charge in [0.15, 0.2) is 11.6 Å². The summed E-state index contributed by atoms with van der Waals surface area (Å²) in [6, 6.07) is 2.16. The van der Waals surface area contributed by atoms with Crippen molar-refractivity contribution >= 4 is 28.4 Å². The van der Waals surface area contributed by atoms with Gasteiger partial charge in [-0.3, -0.25) is 14.4 Å². The van der Waals surface area contributed by atoms with Gasteiger partial charge in [0.2, 0.25) is 5.24 Å². The van der Waals surface area contributed by atoms with Gasteiger partial charge in [0.25, 0.3) is 0 Å². The fourth-order valence-electron chi connectivity index (χ4n) is 9.98. The van der Waals surface area contributed by atoms with Crippen LogP contribution in [0.4, 0.5) is 0 Å². The molecule has 0 N–H and O–H groups in total. The van der Waals surface area contributed by atoms with Crippen molar-refractivity contribution in [2.75, 3.05) is 0 Å². The molecule has 7 atom stereocenters. The van der Waals surface area contributed by atoms with Crippen LogP contribution in [0.25, 0.3) is 0 Å². The molecule has 3 saturated carbocycles. The molecule has 5 aliphatic carbocycles. The summed E-state index contributed by atoms with van der Waals surface area (Å²) < 4.78 is 0. The minimum absolute atomic E-state index is 0.0302. The number of hydrogen-bond acceptors (Lipinski definition) is 4. The molecule has 0 aromatic rings. The Labute approximate surface area is 220 Å². The SMILES string of the molecule is CC1(C)CC[C@]2(C(=O)Cl)CC[C@]3(C)[C@H](C(=O)C=C4[C@@]5(C)C=C(C#N)C(=O)C(C)(C)[C@@H]5CC[C@]43C)C2C1. The number of carbonyl (C=O) groups is 3. The summed E-state index contributed by atoms with van der Waals surface area (Å²) in [6.07, 6.45) is 9.56. The second-order valence-corrected chi connectivity index (χ2v) is 15.0. The first-order valence-corrected chi connectivity index (χ1v) is 14.0. The Morgan fingerprint density at radius 2 is 1.64 bits per heavy atom. The molecule has 0 bridgehead atoms. The number of carbonyl (C=O) groups excluding carboxylic acids is 3. The summed E-state index contributed by atoms with van der Waals surface area (Å²) in [6.45, 7) is 15.2. The van der Waals surface area contributed by atoms with Gasteiger partial charge in [0.05, 0.1) is 5.57 Å². The van der Waals surface area contributed by atoms with E-state index < -0.39 is 16.2 Å². The number of nitriles is 1. The van der Waals surface area contributed by atoms with Crippen LogP contribution in [0.15, 0.2) is 23.3 Å². The van der Waals surface area contributed by atoms with E-state index >= 15 is 0 Å². The summed E-state index contributed by atoms with van der Waals surface area (Å²) in [7, 11) is 0. The van der Waals surface area contributed by atoms with Crippen molar-refractivity contribution in [1.29, 1.82) is 5.26 Å². The molecule has 36 heavy (non-hydrogen) atoms. The van der Waals surface area contributed by atoms with Crippen LogP contribution in [0.2, 0.25) is 0 Å². The molecule has 0 aromatic heterocycles. The quantitative estimate of drug-likeness (QED) is 0.357. The van der Waals surface area contributed by atoms with Crippen molar-refractivity contribution in [2.24, 2.45) is 50.2 Å². The van der Waals surface area contributed by atoms with E-state index in [0.29, 0.717) is 0 Å². The topological polar surface area (TPSA) is 75.0 Å². The van der Waals surface area contributed by atoms with E-state index in [1.165, 1.54) is 0 Å². The third kappa shape index (κ3) is 2.96. The minimum Gasteiger partial charge on any atom is -0.295 e. The fourth-order valence-corrected chi connectivity index (χ4v) is 10.3. The van der Waals surface area contributed by atoms with Crippen molar-refractivity contribution in [3.8, 4) is 6.07 Å². The Bertz CT molecular complexity index is 1190. The Hall–Kier alpha value is -1.73. The average Bonchev–Trinajstić information content (AvgIpc) is 2.77. The molecule has 0 amide bonds. The van der Waals surface area contributed by atoms with Gasteiger partial charge in [0.1, 0.15) is 6.07 Å². The highest BCUT2D eigenvalue weighted by Gasteiger charge is 2.70. The van der Waals surface area contributed by atoms with Gasteiger partial charge in [-0.05, 0) is 90.7 Å². The Balaban J connectivity index is 1.71. The third-order valence-electron chi connectivity index (χ3n) is 12.3. The number of rotatable bonds is 1. The van der Waals surface area contributed by atoms with Crippen LogP contribution in [-0.4, -0.2) is 16.8 Å². The van der Waals surface area contributed by atoms with E-state index in [4.69, 9.17) is 11.6 Å². The predicted octanol–water partition coefficient (Wildman–Crippen LogP) is 6.97. The lowest BCUT2D eigenvalue weighted by molar-refractivity contribution is -0.173. The Kier molecular flexibility index (Phi) is 5.35. The fraction of sp³-hybridized carbons (Fsp3) is 0.742. The molecule has 4 nitrogen and oxygen atoms in total. The molecule has 0 spiro atoms. The minimum atomic E-state index is -0.669. The predicted molar refractivity (Wildman–Crippen MR) is 140 cm³/mol. The van der Waals surface area contributed by atoms with Crippen LogP contribution < -0.4 is 0 Å². The maximum atomic E-state index is 14.3. The van der Waals surface area contributed by atoms with Gasteiger partial charge in [-0.2, -0.15) is 5.26 Å². The number of fused-ring (bicyclic) bond motifs is 7. The van der Waals surface area contributed by atoms with Gasteiger partial charge in [-0.15, -0.1) is 0 Å². The first kappa shape index (κ1) is 25.9. The highest BCUT2D eigenvalue weighted by molar-refractivity contribution is 6.64. The molecular formula is C31H40ClNO3. The van der Waals surface area contributed by atoms with Gasteiger partial charge in [-0.25, -0.2) is 0 Å². The first-order valence-electron chi connectivity index (χ1n) is 13.6. The van der Waals surface area contributed by atoms with E-state index in [2.05, 4.69) is 40.7 Å². The summed E-state index contributed by atoms with van der Waals surface area (Å²) >= 11 is 6.36. The first-order chi connectivity index (χ1) is 16.5. The molecule has 5 aliphatic rings. The molecule has 0 heterocycles. The third-order valence-corrected chi connectivity index (χ3v) is 12.6. The van der Waals surface area contributed by atoms with Gasteiger partial charge in [-0.1, -0.05) is 60.1 Å². The Morgan fingerprint density at radius 1 is 1.00 bits per heavy atom. The van der Waals surface area contributed by atoms with Crippen molar-refractivity contribution in [1.82, 2.24) is 0 Å². The van der Waals surface area contributed by atoms with Gasteiger partial charge < -0.3 is 0 Å². The second-order valence-electron chi connectivity index (χ2n) is 14.7. The van der Waals surface area contributed by atoms with Crippen LogP contribution in [0, 0.1) is 61.6 Å². The normalized spacial score (nSPS) is 46.7. The smallest absolute Gasteiger partial charge is 0.228 e. The Morgan fingerprint density at radius 3 is 2.25 bits per heavy atom. The molecule has 1 unspecified atom stereocenters. The van der Waals surface area contributed by atoms with E-state index in [9.17, 15) is 19.6 Å². The van der Waals surface area contributed by atoms with E-state index in [-0.39, 0.29) is 56.4 Å². The zero-order chi connectivity index (χ0) is 26.7. The van der Waals surface area contributed by atoms with Crippen LogP contribution in [-0.2, 0) is 14.4 Å². The van der Waals surface area contributed by atoms with Gasteiger partial charge >= 0.3 is 0 Å². The molecule has 0 saturated heterocycles. The van der Waals surface area contributed by atoms with Crippen LogP contribution in [0.3, 0.4) is 0 Å². The number of Topliss-reactive ketones (excluding diaryl/α,β-unsaturated/α-hetero) is 1. The number of hydrogen-bond donors (Lipinski definition) is 0. The summed E-state index contributed by atoms with van der Waals surface area (Å²) in [5, 5.41) is 9.58. The maximum Gasteiger partial charge on any atom is 0.228 e. The standard InChI is InChI=1S/C31H40ClNO3/c1-26(2)10-12-31(25(32)36)13-11-30(7)23(19(31)16-26)20(34)14-22-28(5)15-18(17-33)24(35)27(3,4)21(28)8-9-29(22,30)6/h14-15,19,21,23H,8-13,16H2,1-7H3/t19?,21-,23-,28-,29+,30+,31-/m0/s1. The summed E-state index contributed by atoms with van der Waals surface area (Å²) in [4.78, 5) is 40.4. The molecule has 194 valence electrons. The maximum absolute atomic E-state index is 14.3. The zero-order valence-electron chi connectivity index (χ0n) is 22.9. The lowest BCUT2D eigenvalue weighted by atomic mass is 9.34. The van der Waals surface area contributed by atoms with Crippen LogP contribution in [0.1, 0.15) is 93.4 Å². The summed E-state index contributed by atoms with van der Waals surface area (Å²) in [5.41, 5.74) is -1.05. The molecule has 0 aromatic carbocycles. The van der Waals surface area contributed by atoms with Gasteiger partial charge in [0, 0.05) is 22.2 Å². The van der Waals surface area contributed by atoms with Crippen LogP contribution >= 0.6 is 11.6 Å².